The van der Waals surface area contributed by atoms with E-state index in [-0.39, 0.29) is 23.6 Å². The van der Waals surface area contributed by atoms with Gasteiger partial charge in [0.05, 0.1) is 5.75 Å². The van der Waals surface area contributed by atoms with Crippen molar-refractivity contribution in [2.75, 3.05) is 11.1 Å². The van der Waals surface area contributed by atoms with Crippen molar-refractivity contribution in [2.24, 2.45) is 0 Å². The molecular formula is C22H30N2O4S. The lowest BCUT2D eigenvalue weighted by molar-refractivity contribution is 0.187. The molecule has 0 saturated heterocycles. The van der Waals surface area contributed by atoms with Gasteiger partial charge in [-0.25, -0.2) is 4.79 Å². The van der Waals surface area contributed by atoms with E-state index in [1.807, 2.05) is 52.0 Å². The highest BCUT2D eigenvalue weighted by Gasteiger charge is 2.20. The Labute approximate surface area is 174 Å². The van der Waals surface area contributed by atoms with Crippen molar-refractivity contribution in [1.29, 1.82) is 0 Å². The van der Waals surface area contributed by atoms with Gasteiger partial charge in [-0.2, -0.15) is 8.42 Å². The van der Waals surface area contributed by atoms with Gasteiger partial charge in [-0.1, -0.05) is 25.1 Å². The number of amides is 2. The van der Waals surface area contributed by atoms with Crippen LogP contribution in [0.5, 0.6) is 5.75 Å². The number of carbonyl (C=O) groups excluding carboxylic acids is 1. The molecule has 1 atom stereocenters. The fraction of sp³-hybridized carbons (Fsp3) is 0.409. The number of nitrogens with zero attached hydrogens (tertiary/aromatic N) is 1. The van der Waals surface area contributed by atoms with Crippen molar-refractivity contribution >= 4 is 21.8 Å². The van der Waals surface area contributed by atoms with E-state index in [2.05, 4.69) is 5.32 Å². The zero-order valence-electron chi connectivity index (χ0n) is 17.7. The van der Waals surface area contributed by atoms with E-state index >= 15 is 0 Å². The van der Waals surface area contributed by atoms with Gasteiger partial charge in [0.25, 0.3) is 0 Å². The molecule has 0 saturated carbocycles. The molecule has 158 valence electrons. The van der Waals surface area contributed by atoms with Gasteiger partial charge in [0.15, 0.2) is 0 Å². The Balaban J connectivity index is 2.20. The highest BCUT2D eigenvalue weighted by atomic mass is 32.2. The molecule has 2 aromatic rings. The maximum absolute atomic E-state index is 13.0. The Morgan fingerprint density at radius 3 is 2.45 bits per heavy atom. The average molecular weight is 419 g/mol. The van der Waals surface area contributed by atoms with Crippen LogP contribution in [0.1, 0.15) is 43.9 Å². The van der Waals surface area contributed by atoms with Crippen molar-refractivity contribution in [1.82, 2.24) is 4.90 Å². The zero-order valence-corrected chi connectivity index (χ0v) is 18.5. The number of benzene rings is 2. The minimum Gasteiger partial charge on any atom is -0.382 e. The molecule has 29 heavy (non-hydrogen) atoms. The molecule has 7 heteroatoms. The molecule has 0 heterocycles. The lowest BCUT2D eigenvalue weighted by Crippen LogP contribution is -2.40. The van der Waals surface area contributed by atoms with Crippen molar-refractivity contribution in [3.8, 4) is 5.75 Å². The minimum atomic E-state index is -3.60. The van der Waals surface area contributed by atoms with Gasteiger partial charge >= 0.3 is 16.1 Å². The summed E-state index contributed by atoms with van der Waals surface area (Å²) in [7, 11) is -3.60. The van der Waals surface area contributed by atoms with Gasteiger partial charge in [0.2, 0.25) is 0 Å². The van der Waals surface area contributed by atoms with Crippen LogP contribution in [0.2, 0.25) is 0 Å². The van der Waals surface area contributed by atoms with Crippen LogP contribution in [-0.2, 0) is 16.7 Å². The summed E-state index contributed by atoms with van der Waals surface area (Å²) in [5.74, 6) is 0.150. The van der Waals surface area contributed by atoms with E-state index in [0.717, 1.165) is 23.2 Å². The quantitative estimate of drug-likeness (QED) is 0.621. The predicted octanol–water partition coefficient (Wildman–Crippen LogP) is 4.86. The molecule has 0 aliphatic heterocycles. The lowest BCUT2D eigenvalue weighted by Gasteiger charge is -2.29. The number of rotatable bonds is 8. The van der Waals surface area contributed by atoms with Crippen molar-refractivity contribution < 1.29 is 17.4 Å². The first-order valence-electron chi connectivity index (χ1n) is 9.81. The summed E-state index contributed by atoms with van der Waals surface area (Å²) in [6, 6.07) is 12.5. The number of hydrogen-bond donors (Lipinski definition) is 1. The summed E-state index contributed by atoms with van der Waals surface area (Å²) in [6.07, 6.45) is 0.792. The van der Waals surface area contributed by atoms with E-state index in [0.29, 0.717) is 6.54 Å². The van der Waals surface area contributed by atoms with Gasteiger partial charge in [-0.05, 0) is 75.1 Å². The first-order chi connectivity index (χ1) is 13.6. The van der Waals surface area contributed by atoms with Gasteiger partial charge < -0.3 is 14.4 Å². The predicted molar refractivity (Wildman–Crippen MR) is 117 cm³/mol. The number of carbonyl (C=O) groups is 1. The molecule has 1 unspecified atom stereocenters. The van der Waals surface area contributed by atoms with E-state index in [4.69, 9.17) is 4.18 Å². The summed E-state index contributed by atoms with van der Waals surface area (Å²) >= 11 is 0. The fourth-order valence-corrected chi connectivity index (χ4v) is 3.28. The highest BCUT2D eigenvalue weighted by Crippen LogP contribution is 2.20. The number of nitrogens with one attached hydrogen (secondary N) is 1. The van der Waals surface area contributed by atoms with Crippen molar-refractivity contribution in [3.63, 3.8) is 0 Å². The van der Waals surface area contributed by atoms with E-state index in [1.165, 1.54) is 12.5 Å². The van der Waals surface area contributed by atoms with E-state index in [1.54, 1.807) is 23.1 Å². The summed E-state index contributed by atoms with van der Waals surface area (Å²) in [5, 5.41) is 2.97. The summed E-state index contributed by atoms with van der Waals surface area (Å²) < 4.78 is 28.5. The fourth-order valence-electron chi connectivity index (χ4n) is 2.76. The minimum absolute atomic E-state index is 0.00509. The molecular weight excluding hydrogens is 388 g/mol. The normalized spacial score (nSPS) is 12.3. The Morgan fingerprint density at radius 2 is 1.83 bits per heavy atom. The molecule has 0 aliphatic rings. The summed E-state index contributed by atoms with van der Waals surface area (Å²) in [6.45, 7) is 9.92. The third-order valence-electron chi connectivity index (χ3n) is 4.97. The number of hydrogen-bond acceptors (Lipinski definition) is 4. The van der Waals surface area contributed by atoms with Crippen LogP contribution < -0.4 is 9.50 Å². The maximum Gasteiger partial charge on any atom is 0.322 e. The summed E-state index contributed by atoms with van der Waals surface area (Å²) in [5.41, 5.74) is 3.82. The molecule has 1 N–H and O–H groups in total. The van der Waals surface area contributed by atoms with Crippen LogP contribution in [0, 0.1) is 13.8 Å². The Kier molecular flexibility index (Phi) is 7.67. The van der Waals surface area contributed by atoms with Crippen LogP contribution >= 0.6 is 0 Å². The van der Waals surface area contributed by atoms with Gasteiger partial charge in [-0.15, -0.1) is 0 Å². The molecule has 0 fully saturated rings. The second-order valence-corrected chi connectivity index (χ2v) is 9.05. The summed E-state index contributed by atoms with van der Waals surface area (Å²) in [4.78, 5) is 14.7. The topological polar surface area (TPSA) is 75.7 Å². The van der Waals surface area contributed by atoms with Gasteiger partial charge in [-0.3, -0.25) is 0 Å². The third-order valence-corrected chi connectivity index (χ3v) is 6.12. The van der Waals surface area contributed by atoms with Crippen LogP contribution in [0.15, 0.2) is 42.5 Å². The second kappa shape index (κ2) is 9.78. The van der Waals surface area contributed by atoms with Gasteiger partial charge in [0.1, 0.15) is 5.75 Å². The van der Waals surface area contributed by atoms with Crippen molar-refractivity contribution in [3.05, 3.63) is 59.2 Å². The zero-order chi connectivity index (χ0) is 21.6. The molecule has 2 rings (SSSR count). The highest BCUT2D eigenvalue weighted by molar-refractivity contribution is 7.87. The van der Waals surface area contributed by atoms with Crippen LogP contribution in [-0.4, -0.2) is 31.1 Å². The SMILES string of the molecule is CCC(C)N(Cc1cccc(OS(=O)(=O)CC)c1)C(=O)Nc1ccc(C)c(C)c1. The molecule has 6 nitrogen and oxygen atoms in total. The Morgan fingerprint density at radius 1 is 1.10 bits per heavy atom. The Bertz CT molecular complexity index is 957. The van der Waals surface area contributed by atoms with E-state index < -0.39 is 10.1 Å². The number of urea groups is 1. The molecule has 2 amide bonds. The molecule has 0 aliphatic carbocycles. The van der Waals surface area contributed by atoms with Crippen LogP contribution in [0.3, 0.4) is 0 Å². The van der Waals surface area contributed by atoms with Crippen LogP contribution in [0.4, 0.5) is 10.5 Å². The lowest BCUT2D eigenvalue weighted by atomic mass is 10.1. The molecule has 0 bridgehead atoms. The van der Waals surface area contributed by atoms with Crippen molar-refractivity contribution in [2.45, 2.75) is 53.6 Å². The van der Waals surface area contributed by atoms with Gasteiger partial charge in [0, 0.05) is 18.3 Å². The second-order valence-electron chi connectivity index (χ2n) is 7.19. The standard InChI is InChI=1S/C22H30N2O4S/c1-6-18(5)24(22(25)23-20-12-11-16(3)17(4)13-20)15-19-9-8-10-21(14-19)28-29(26,27)7-2/h8-14,18H,6-7,15H2,1-5H3,(H,23,25). The molecule has 0 aromatic heterocycles. The number of anilines is 1. The first kappa shape index (κ1) is 22.7. The maximum atomic E-state index is 13.0. The first-order valence-corrected chi connectivity index (χ1v) is 11.4. The molecule has 0 radical (unpaired) electrons. The molecule has 0 spiro atoms. The largest absolute Gasteiger partial charge is 0.382 e. The average Bonchev–Trinajstić information content (AvgIpc) is 2.68. The van der Waals surface area contributed by atoms with E-state index in [9.17, 15) is 13.2 Å². The monoisotopic (exact) mass is 418 g/mol. The smallest absolute Gasteiger partial charge is 0.322 e. The van der Waals surface area contributed by atoms with Crippen LogP contribution in [0.25, 0.3) is 0 Å². The number of aryl methyl sites for hydroxylation is 2. The Hall–Kier alpha value is -2.54. The molecule has 2 aromatic carbocycles. The third kappa shape index (κ3) is 6.49.